The first kappa shape index (κ1) is 19.4. The van der Waals surface area contributed by atoms with Crippen LogP contribution in [0.1, 0.15) is 30.5 Å². The van der Waals surface area contributed by atoms with Crippen molar-refractivity contribution in [3.63, 3.8) is 0 Å². The number of aliphatic hydroxyl groups excluding tert-OH is 1. The number of amides is 1. The number of rotatable bonds is 6. The topological polar surface area (TPSA) is 109 Å². The lowest BCUT2D eigenvalue weighted by Crippen LogP contribution is -2.51. The zero-order chi connectivity index (χ0) is 18.6. The van der Waals surface area contributed by atoms with Crippen LogP contribution in [0.2, 0.25) is 0 Å². The predicted octanol–water partition coefficient (Wildman–Crippen LogP) is -0.535. The molecule has 8 heteroatoms. The average Bonchev–Trinajstić information content (AvgIpc) is 2.55. The van der Waals surface area contributed by atoms with Gasteiger partial charge >= 0.3 is 5.69 Å². The number of aromatic amines is 2. The summed E-state index contributed by atoms with van der Waals surface area (Å²) in [5, 5.41) is 9.11. The number of likely N-dealkylation sites (tertiary alicyclic amines) is 1. The summed E-state index contributed by atoms with van der Waals surface area (Å²) < 4.78 is 0. The molecule has 25 heavy (non-hydrogen) atoms. The minimum atomic E-state index is -0.561. The summed E-state index contributed by atoms with van der Waals surface area (Å²) in [5.74, 6) is 0.196. The maximum Gasteiger partial charge on any atom is 0.325 e. The normalized spacial score (nSPS) is 20.9. The third-order valence-corrected chi connectivity index (χ3v) is 5.03. The van der Waals surface area contributed by atoms with Gasteiger partial charge in [-0.15, -0.1) is 0 Å². The first-order chi connectivity index (χ1) is 11.8. The second-order valence-corrected chi connectivity index (χ2v) is 6.97. The van der Waals surface area contributed by atoms with Crippen LogP contribution in [0.5, 0.6) is 0 Å². The van der Waals surface area contributed by atoms with Gasteiger partial charge in [0.25, 0.3) is 5.56 Å². The van der Waals surface area contributed by atoms with E-state index in [0.29, 0.717) is 36.3 Å². The molecule has 1 aliphatic rings. The van der Waals surface area contributed by atoms with Gasteiger partial charge in [-0.3, -0.25) is 14.6 Å². The Morgan fingerprint density at radius 3 is 2.64 bits per heavy atom. The van der Waals surface area contributed by atoms with Gasteiger partial charge in [0, 0.05) is 37.0 Å². The van der Waals surface area contributed by atoms with E-state index in [2.05, 4.69) is 14.9 Å². The Morgan fingerprint density at radius 1 is 1.32 bits per heavy atom. The highest BCUT2D eigenvalue weighted by Crippen LogP contribution is 2.25. The molecule has 0 bridgehead atoms. The summed E-state index contributed by atoms with van der Waals surface area (Å²) in [6.45, 7) is 3.05. The van der Waals surface area contributed by atoms with E-state index in [0.717, 1.165) is 19.3 Å². The largest absolute Gasteiger partial charge is 0.396 e. The number of carbonyl (C=O) groups is 1. The second-order valence-electron chi connectivity index (χ2n) is 6.97. The Labute approximate surface area is 146 Å². The van der Waals surface area contributed by atoms with Gasteiger partial charge in [-0.2, -0.15) is 0 Å². The Balaban J connectivity index is 2.09. The highest BCUT2D eigenvalue weighted by atomic mass is 16.3. The molecule has 2 atom stereocenters. The molecule has 1 aliphatic heterocycles. The fraction of sp³-hybridized carbons (Fsp3) is 0.706. The van der Waals surface area contributed by atoms with Crippen molar-refractivity contribution in [1.29, 1.82) is 0 Å². The SMILES string of the molecule is Cc1[nH]c(=O)[nH]c(=O)c1CC(=O)N1CC[C@H](N(C)C)[C@H](CCCO)C1. The number of aromatic nitrogens is 2. The van der Waals surface area contributed by atoms with Gasteiger partial charge in [0.15, 0.2) is 0 Å². The smallest absolute Gasteiger partial charge is 0.325 e. The Bertz CT molecular complexity index is 709. The second kappa shape index (κ2) is 8.44. The molecule has 8 nitrogen and oxygen atoms in total. The summed E-state index contributed by atoms with van der Waals surface area (Å²) in [4.78, 5) is 44.6. The maximum absolute atomic E-state index is 12.7. The van der Waals surface area contributed by atoms with Crippen molar-refractivity contribution in [3.8, 4) is 0 Å². The van der Waals surface area contributed by atoms with Crippen LogP contribution in [0.3, 0.4) is 0 Å². The van der Waals surface area contributed by atoms with Crippen LogP contribution in [0.4, 0.5) is 0 Å². The monoisotopic (exact) mass is 352 g/mol. The fourth-order valence-corrected chi connectivity index (χ4v) is 3.67. The molecular formula is C17H28N4O4. The summed E-state index contributed by atoms with van der Waals surface area (Å²) in [6.07, 6.45) is 2.43. The lowest BCUT2D eigenvalue weighted by molar-refractivity contribution is -0.133. The van der Waals surface area contributed by atoms with E-state index in [4.69, 9.17) is 5.11 Å². The minimum absolute atomic E-state index is 0.0166. The van der Waals surface area contributed by atoms with Crippen LogP contribution in [-0.4, -0.2) is 70.6 Å². The number of H-pyrrole nitrogens is 2. The molecule has 0 radical (unpaired) electrons. The van der Waals surface area contributed by atoms with E-state index in [1.807, 2.05) is 14.1 Å². The van der Waals surface area contributed by atoms with E-state index in [9.17, 15) is 14.4 Å². The van der Waals surface area contributed by atoms with Gasteiger partial charge in [-0.25, -0.2) is 4.79 Å². The van der Waals surface area contributed by atoms with Crippen LogP contribution in [0.25, 0.3) is 0 Å². The molecule has 0 unspecified atom stereocenters. The molecule has 1 fully saturated rings. The Hall–Kier alpha value is -1.93. The van der Waals surface area contributed by atoms with E-state index < -0.39 is 11.2 Å². The number of hydrogen-bond donors (Lipinski definition) is 3. The quantitative estimate of drug-likeness (QED) is 0.637. The molecule has 0 aromatic carbocycles. The maximum atomic E-state index is 12.7. The van der Waals surface area contributed by atoms with Gasteiger partial charge in [-0.1, -0.05) is 0 Å². The van der Waals surface area contributed by atoms with Crippen LogP contribution in [0, 0.1) is 12.8 Å². The van der Waals surface area contributed by atoms with E-state index in [1.165, 1.54) is 0 Å². The lowest BCUT2D eigenvalue weighted by Gasteiger charge is -2.41. The number of nitrogens with one attached hydrogen (secondary N) is 2. The van der Waals surface area contributed by atoms with Crippen LogP contribution < -0.4 is 11.2 Å². The Kier molecular flexibility index (Phi) is 6.55. The van der Waals surface area contributed by atoms with Crippen molar-refractivity contribution in [3.05, 3.63) is 32.1 Å². The van der Waals surface area contributed by atoms with Crippen molar-refractivity contribution in [2.24, 2.45) is 5.92 Å². The summed E-state index contributed by atoms with van der Waals surface area (Å²) >= 11 is 0. The molecule has 0 aliphatic carbocycles. The van der Waals surface area contributed by atoms with Crippen LogP contribution in [0.15, 0.2) is 9.59 Å². The van der Waals surface area contributed by atoms with Gasteiger partial charge < -0.3 is 19.9 Å². The highest BCUT2D eigenvalue weighted by Gasteiger charge is 2.32. The van der Waals surface area contributed by atoms with Crippen molar-refractivity contribution < 1.29 is 9.90 Å². The molecule has 1 aromatic rings. The van der Waals surface area contributed by atoms with E-state index in [1.54, 1.807) is 11.8 Å². The number of aliphatic hydroxyl groups is 1. The number of hydrogen-bond acceptors (Lipinski definition) is 5. The number of carbonyl (C=O) groups excluding carboxylic acids is 1. The van der Waals surface area contributed by atoms with Crippen molar-refractivity contribution in [1.82, 2.24) is 19.8 Å². The molecule has 140 valence electrons. The molecule has 3 N–H and O–H groups in total. The van der Waals surface area contributed by atoms with Gasteiger partial charge in [0.2, 0.25) is 5.91 Å². The van der Waals surface area contributed by atoms with Crippen LogP contribution >= 0.6 is 0 Å². The molecule has 1 aromatic heterocycles. The molecule has 2 heterocycles. The average molecular weight is 352 g/mol. The standard InChI is InChI=1S/C17H28N4O4/c1-11-13(16(24)19-17(25)18-11)9-15(23)21-7-6-14(20(2)3)12(10-21)5-4-8-22/h12,14,22H,4-10H2,1-3H3,(H2,18,19,24,25)/t12-,14+/m1/s1. The van der Waals surface area contributed by atoms with Crippen molar-refractivity contribution >= 4 is 5.91 Å². The third-order valence-electron chi connectivity index (χ3n) is 5.03. The number of nitrogens with zero attached hydrogens (tertiary/aromatic N) is 2. The molecule has 1 saturated heterocycles. The first-order valence-electron chi connectivity index (χ1n) is 8.70. The number of piperidine rings is 1. The van der Waals surface area contributed by atoms with E-state index >= 15 is 0 Å². The zero-order valence-corrected chi connectivity index (χ0v) is 15.2. The third kappa shape index (κ3) is 4.79. The van der Waals surface area contributed by atoms with Gasteiger partial charge in [-0.05, 0) is 46.2 Å². The molecule has 1 amide bonds. The van der Waals surface area contributed by atoms with E-state index in [-0.39, 0.29) is 18.9 Å². The van der Waals surface area contributed by atoms with Crippen LogP contribution in [-0.2, 0) is 11.2 Å². The fourth-order valence-electron chi connectivity index (χ4n) is 3.67. The first-order valence-corrected chi connectivity index (χ1v) is 8.70. The minimum Gasteiger partial charge on any atom is -0.396 e. The predicted molar refractivity (Wildman–Crippen MR) is 94.6 cm³/mol. The highest BCUT2D eigenvalue weighted by molar-refractivity contribution is 5.79. The lowest BCUT2D eigenvalue weighted by atomic mass is 9.87. The molecule has 0 spiro atoms. The Morgan fingerprint density at radius 2 is 2.04 bits per heavy atom. The number of aryl methyl sites for hydroxylation is 1. The molecule has 2 rings (SSSR count). The summed E-state index contributed by atoms with van der Waals surface area (Å²) in [6, 6.07) is 0.383. The molecule has 0 saturated carbocycles. The van der Waals surface area contributed by atoms with Gasteiger partial charge in [0.1, 0.15) is 0 Å². The van der Waals surface area contributed by atoms with Crippen molar-refractivity contribution in [2.45, 2.75) is 38.6 Å². The summed E-state index contributed by atoms with van der Waals surface area (Å²) in [5.41, 5.74) is -0.322. The van der Waals surface area contributed by atoms with Crippen molar-refractivity contribution in [2.75, 3.05) is 33.8 Å². The molecular weight excluding hydrogens is 324 g/mol. The van der Waals surface area contributed by atoms with Gasteiger partial charge in [0.05, 0.1) is 6.42 Å². The summed E-state index contributed by atoms with van der Waals surface area (Å²) in [7, 11) is 4.08. The zero-order valence-electron chi connectivity index (χ0n) is 15.2.